The highest BCUT2D eigenvalue weighted by atomic mass is 16.5. The second-order valence-electron chi connectivity index (χ2n) is 6.09. The average molecular weight is 278 g/mol. The summed E-state index contributed by atoms with van der Waals surface area (Å²) in [4.78, 5) is 12.4. The van der Waals surface area contributed by atoms with E-state index in [-0.39, 0.29) is 17.9 Å². The van der Waals surface area contributed by atoms with Gasteiger partial charge in [0.1, 0.15) is 5.76 Å². The molecule has 1 aromatic heterocycles. The lowest BCUT2D eigenvalue weighted by Gasteiger charge is -2.28. The van der Waals surface area contributed by atoms with Gasteiger partial charge in [-0.3, -0.25) is 4.79 Å². The van der Waals surface area contributed by atoms with Crippen LogP contribution in [-0.4, -0.2) is 11.1 Å². The van der Waals surface area contributed by atoms with E-state index in [4.69, 9.17) is 4.52 Å². The van der Waals surface area contributed by atoms with Crippen LogP contribution in [0.25, 0.3) is 0 Å². The topological polar surface area (TPSA) is 55.1 Å². The Kier molecular flexibility index (Phi) is 4.84. The third kappa shape index (κ3) is 3.22. The van der Waals surface area contributed by atoms with Crippen molar-refractivity contribution in [2.24, 2.45) is 11.8 Å². The first-order valence-electron chi connectivity index (χ1n) is 7.76. The van der Waals surface area contributed by atoms with Crippen LogP contribution < -0.4 is 5.32 Å². The number of nitrogens with one attached hydrogen (secondary N) is 1. The average Bonchev–Trinajstić information content (AvgIpc) is 2.78. The van der Waals surface area contributed by atoms with E-state index in [0.717, 1.165) is 35.8 Å². The molecule has 1 amide bonds. The molecule has 0 spiro atoms. The summed E-state index contributed by atoms with van der Waals surface area (Å²) in [5.41, 5.74) is 1.88. The third-order valence-electron chi connectivity index (χ3n) is 4.68. The van der Waals surface area contributed by atoms with Gasteiger partial charge in [-0.15, -0.1) is 0 Å². The molecule has 0 aromatic carbocycles. The van der Waals surface area contributed by atoms with E-state index in [9.17, 15) is 4.79 Å². The summed E-state index contributed by atoms with van der Waals surface area (Å²) in [6, 6.07) is -0.0300. The van der Waals surface area contributed by atoms with E-state index in [1.165, 1.54) is 19.3 Å². The zero-order valence-corrected chi connectivity index (χ0v) is 13.0. The predicted octanol–water partition coefficient (Wildman–Crippen LogP) is 3.69. The maximum atomic E-state index is 12.4. The van der Waals surface area contributed by atoms with Gasteiger partial charge in [-0.1, -0.05) is 18.5 Å². The van der Waals surface area contributed by atoms with Gasteiger partial charge in [-0.05, 0) is 52.4 Å². The molecule has 0 bridgehead atoms. The summed E-state index contributed by atoms with van der Waals surface area (Å²) in [5.74, 6) is 1.98. The molecule has 0 aliphatic heterocycles. The molecule has 1 N–H and O–H groups in total. The summed E-state index contributed by atoms with van der Waals surface area (Å²) < 4.78 is 5.17. The Labute approximate surface area is 121 Å². The lowest BCUT2D eigenvalue weighted by molar-refractivity contribution is -0.126. The SMILES string of the molecule is CCC1CCC(C(=O)NC(C)c2c(C)noc2C)CC1. The first-order chi connectivity index (χ1) is 9.52. The molecule has 1 unspecified atom stereocenters. The Balaban J connectivity index is 1.92. The first kappa shape index (κ1) is 15.1. The largest absolute Gasteiger partial charge is 0.361 e. The van der Waals surface area contributed by atoms with Crippen molar-refractivity contribution in [1.29, 1.82) is 0 Å². The van der Waals surface area contributed by atoms with Crippen molar-refractivity contribution >= 4 is 5.91 Å². The quantitative estimate of drug-likeness (QED) is 0.914. The van der Waals surface area contributed by atoms with Crippen LogP contribution in [0.5, 0.6) is 0 Å². The highest BCUT2D eigenvalue weighted by Crippen LogP contribution is 2.31. The summed E-state index contributed by atoms with van der Waals surface area (Å²) in [6.45, 7) is 8.05. The maximum Gasteiger partial charge on any atom is 0.223 e. The van der Waals surface area contributed by atoms with Crippen molar-refractivity contribution in [3.05, 3.63) is 17.0 Å². The van der Waals surface area contributed by atoms with Crippen molar-refractivity contribution in [2.45, 2.75) is 65.8 Å². The number of nitrogens with zero attached hydrogens (tertiary/aromatic N) is 1. The second-order valence-corrected chi connectivity index (χ2v) is 6.09. The van der Waals surface area contributed by atoms with Gasteiger partial charge in [-0.25, -0.2) is 0 Å². The van der Waals surface area contributed by atoms with E-state index in [1.807, 2.05) is 20.8 Å². The Morgan fingerprint density at radius 3 is 2.50 bits per heavy atom. The van der Waals surface area contributed by atoms with Crippen LogP contribution in [0.1, 0.15) is 69.0 Å². The molecule has 1 heterocycles. The van der Waals surface area contributed by atoms with Gasteiger partial charge in [0.15, 0.2) is 0 Å². The van der Waals surface area contributed by atoms with Crippen molar-refractivity contribution in [3.8, 4) is 0 Å². The fourth-order valence-electron chi connectivity index (χ4n) is 3.34. The highest BCUT2D eigenvalue weighted by molar-refractivity contribution is 5.79. The normalized spacial score (nSPS) is 24.4. The Bertz CT molecular complexity index is 440. The molecule has 1 aliphatic rings. The fraction of sp³-hybridized carbons (Fsp3) is 0.750. The fourth-order valence-corrected chi connectivity index (χ4v) is 3.34. The second kappa shape index (κ2) is 6.42. The zero-order valence-electron chi connectivity index (χ0n) is 13.0. The number of rotatable bonds is 4. The molecule has 1 aromatic rings. The van der Waals surface area contributed by atoms with E-state index in [2.05, 4.69) is 17.4 Å². The van der Waals surface area contributed by atoms with E-state index < -0.39 is 0 Å². The van der Waals surface area contributed by atoms with Gasteiger partial charge in [0, 0.05) is 11.5 Å². The van der Waals surface area contributed by atoms with Crippen LogP contribution >= 0.6 is 0 Å². The number of aromatic nitrogens is 1. The molecule has 0 saturated heterocycles. The minimum atomic E-state index is -0.0300. The highest BCUT2D eigenvalue weighted by Gasteiger charge is 2.27. The lowest BCUT2D eigenvalue weighted by Crippen LogP contribution is -2.35. The third-order valence-corrected chi connectivity index (χ3v) is 4.68. The molecule has 0 radical (unpaired) electrons. The van der Waals surface area contributed by atoms with Crippen LogP contribution in [0.4, 0.5) is 0 Å². The number of amides is 1. The van der Waals surface area contributed by atoms with Crippen molar-refractivity contribution in [2.75, 3.05) is 0 Å². The van der Waals surface area contributed by atoms with Crippen LogP contribution in [-0.2, 0) is 4.79 Å². The monoisotopic (exact) mass is 278 g/mol. The van der Waals surface area contributed by atoms with E-state index >= 15 is 0 Å². The Hall–Kier alpha value is -1.32. The molecule has 112 valence electrons. The minimum Gasteiger partial charge on any atom is -0.361 e. The van der Waals surface area contributed by atoms with Gasteiger partial charge in [0.25, 0.3) is 0 Å². The van der Waals surface area contributed by atoms with Crippen LogP contribution in [0.3, 0.4) is 0 Å². The van der Waals surface area contributed by atoms with E-state index in [0.29, 0.717) is 0 Å². The van der Waals surface area contributed by atoms with Crippen molar-refractivity contribution in [1.82, 2.24) is 10.5 Å². The maximum absolute atomic E-state index is 12.4. The molecule has 1 aliphatic carbocycles. The number of carbonyl (C=O) groups is 1. The molecular weight excluding hydrogens is 252 g/mol. The first-order valence-corrected chi connectivity index (χ1v) is 7.76. The molecule has 4 nitrogen and oxygen atoms in total. The summed E-state index contributed by atoms with van der Waals surface area (Å²) in [7, 11) is 0. The number of hydrogen-bond donors (Lipinski definition) is 1. The van der Waals surface area contributed by atoms with Crippen LogP contribution in [0.15, 0.2) is 4.52 Å². The van der Waals surface area contributed by atoms with Crippen LogP contribution in [0, 0.1) is 25.7 Å². The standard InChI is InChI=1S/C16H26N2O2/c1-5-13-6-8-14(9-7-13)16(19)17-10(2)15-11(3)18-20-12(15)4/h10,13-14H,5-9H2,1-4H3,(H,17,19). The predicted molar refractivity (Wildman–Crippen MR) is 78.3 cm³/mol. The molecule has 1 saturated carbocycles. The minimum absolute atomic E-state index is 0.0300. The van der Waals surface area contributed by atoms with Gasteiger partial charge in [0.2, 0.25) is 5.91 Å². The Morgan fingerprint density at radius 2 is 2.00 bits per heavy atom. The lowest BCUT2D eigenvalue weighted by atomic mass is 9.80. The molecule has 4 heteroatoms. The molecule has 2 rings (SSSR count). The molecule has 20 heavy (non-hydrogen) atoms. The molecule has 1 atom stereocenters. The zero-order chi connectivity index (χ0) is 14.7. The number of aryl methyl sites for hydroxylation is 2. The number of carbonyl (C=O) groups excluding carboxylic acids is 1. The van der Waals surface area contributed by atoms with Crippen LogP contribution in [0.2, 0.25) is 0 Å². The van der Waals surface area contributed by atoms with Crippen molar-refractivity contribution < 1.29 is 9.32 Å². The molecular formula is C16H26N2O2. The van der Waals surface area contributed by atoms with Gasteiger partial charge >= 0.3 is 0 Å². The van der Waals surface area contributed by atoms with Gasteiger partial charge in [0.05, 0.1) is 11.7 Å². The molecule has 1 fully saturated rings. The van der Waals surface area contributed by atoms with Crippen molar-refractivity contribution in [3.63, 3.8) is 0 Å². The smallest absolute Gasteiger partial charge is 0.223 e. The Morgan fingerprint density at radius 1 is 1.35 bits per heavy atom. The van der Waals surface area contributed by atoms with Gasteiger partial charge < -0.3 is 9.84 Å². The summed E-state index contributed by atoms with van der Waals surface area (Å²) in [6.07, 6.45) is 5.67. The number of hydrogen-bond acceptors (Lipinski definition) is 3. The summed E-state index contributed by atoms with van der Waals surface area (Å²) in [5, 5.41) is 7.08. The van der Waals surface area contributed by atoms with Gasteiger partial charge in [-0.2, -0.15) is 0 Å². The summed E-state index contributed by atoms with van der Waals surface area (Å²) >= 11 is 0. The van der Waals surface area contributed by atoms with E-state index in [1.54, 1.807) is 0 Å².